The lowest BCUT2D eigenvalue weighted by Gasteiger charge is -2.11. The average Bonchev–Trinajstić information content (AvgIpc) is 3.12. The van der Waals surface area contributed by atoms with E-state index in [9.17, 15) is 18.4 Å². The summed E-state index contributed by atoms with van der Waals surface area (Å²) in [5, 5.41) is 5.26. The van der Waals surface area contributed by atoms with Crippen molar-refractivity contribution in [1.82, 2.24) is 10.6 Å². The predicted molar refractivity (Wildman–Crippen MR) is 85.2 cm³/mol. The Hall–Kier alpha value is -2.90. The monoisotopic (exact) mass is 352 g/mol. The highest BCUT2D eigenvalue weighted by molar-refractivity contribution is 5.91. The highest BCUT2D eigenvalue weighted by Crippen LogP contribution is 2.19. The first kappa shape index (κ1) is 18.4. The van der Waals surface area contributed by atoms with Gasteiger partial charge < -0.3 is 19.8 Å². The minimum Gasteiger partial charge on any atom is -0.459 e. The van der Waals surface area contributed by atoms with Crippen molar-refractivity contribution in [1.29, 1.82) is 0 Å². The maximum absolute atomic E-state index is 12.3. The summed E-state index contributed by atoms with van der Waals surface area (Å²) in [6.07, 6.45) is 2.03. The van der Waals surface area contributed by atoms with Gasteiger partial charge >= 0.3 is 6.61 Å². The zero-order chi connectivity index (χ0) is 18.1. The molecule has 0 bridgehead atoms. The van der Waals surface area contributed by atoms with Gasteiger partial charge in [0.25, 0.3) is 5.91 Å². The maximum Gasteiger partial charge on any atom is 0.387 e. The molecule has 0 radical (unpaired) electrons. The van der Waals surface area contributed by atoms with Crippen molar-refractivity contribution in [3.8, 4) is 5.75 Å². The van der Waals surface area contributed by atoms with E-state index in [2.05, 4.69) is 15.4 Å². The fourth-order valence-electron chi connectivity index (χ4n) is 2.09. The second-order valence-corrected chi connectivity index (χ2v) is 5.10. The summed E-state index contributed by atoms with van der Waals surface area (Å²) in [6, 6.07) is 9.41. The van der Waals surface area contributed by atoms with Crippen LogP contribution in [0.2, 0.25) is 0 Å². The lowest BCUT2D eigenvalue weighted by atomic mass is 10.2. The predicted octanol–water partition coefficient (Wildman–Crippen LogP) is 2.71. The van der Waals surface area contributed by atoms with Crippen molar-refractivity contribution >= 4 is 11.8 Å². The number of nitrogens with one attached hydrogen (secondary N) is 2. The van der Waals surface area contributed by atoms with Gasteiger partial charge in [-0.25, -0.2) is 0 Å². The Morgan fingerprint density at radius 3 is 2.64 bits per heavy atom. The molecule has 2 rings (SSSR count). The Balaban J connectivity index is 1.68. The van der Waals surface area contributed by atoms with Crippen molar-refractivity contribution in [3.05, 3.63) is 54.0 Å². The Labute approximate surface area is 143 Å². The zero-order valence-electron chi connectivity index (χ0n) is 13.3. The van der Waals surface area contributed by atoms with Crippen LogP contribution in [0.5, 0.6) is 5.75 Å². The van der Waals surface area contributed by atoms with Gasteiger partial charge in [0.15, 0.2) is 5.76 Å². The standard InChI is InChI=1S/C17H18F2N2O4/c18-17(19)25-13-6-2-1-5-12(13)11-21-15(22)8-3-9-20-16(23)14-7-4-10-24-14/h1-2,4-7,10,17H,3,8-9,11H2,(H,20,23)(H,21,22). The molecule has 2 aromatic rings. The number of benzene rings is 1. The molecule has 0 spiro atoms. The lowest BCUT2D eigenvalue weighted by molar-refractivity contribution is -0.121. The average molecular weight is 352 g/mol. The quantitative estimate of drug-likeness (QED) is 0.680. The number of carbonyl (C=O) groups is 2. The largest absolute Gasteiger partial charge is 0.459 e. The first-order valence-electron chi connectivity index (χ1n) is 7.67. The minimum absolute atomic E-state index is 0.0310. The summed E-state index contributed by atoms with van der Waals surface area (Å²) in [7, 11) is 0. The fourth-order valence-corrected chi connectivity index (χ4v) is 2.09. The summed E-state index contributed by atoms with van der Waals surface area (Å²) in [5.41, 5.74) is 0.460. The molecule has 25 heavy (non-hydrogen) atoms. The first-order valence-corrected chi connectivity index (χ1v) is 7.67. The van der Waals surface area contributed by atoms with Gasteiger partial charge in [0, 0.05) is 25.1 Å². The molecule has 6 nitrogen and oxygen atoms in total. The maximum atomic E-state index is 12.3. The molecule has 0 aliphatic carbocycles. The lowest BCUT2D eigenvalue weighted by Crippen LogP contribution is -2.27. The molecule has 8 heteroatoms. The molecule has 0 saturated heterocycles. The third-order valence-corrected chi connectivity index (χ3v) is 3.28. The van der Waals surface area contributed by atoms with Crippen molar-refractivity contribution in [2.24, 2.45) is 0 Å². The van der Waals surface area contributed by atoms with Crippen LogP contribution in [0.1, 0.15) is 29.0 Å². The molecule has 2 N–H and O–H groups in total. The molecule has 0 aliphatic heterocycles. The van der Waals surface area contributed by atoms with E-state index in [-0.39, 0.29) is 36.3 Å². The number of amides is 2. The molecule has 1 aromatic carbocycles. The van der Waals surface area contributed by atoms with Crippen LogP contribution in [0.25, 0.3) is 0 Å². The summed E-state index contributed by atoms with van der Waals surface area (Å²) in [5.74, 6) is -0.355. The number of carbonyl (C=O) groups excluding carboxylic acids is 2. The number of hydrogen-bond acceptors (Lipinski definition) is 4. The molecular formula is C17H18F2N2O4. The van der Waals surface area contributed by atoms with E-state index in [1.807, 2.05) is 0 Å². The third kappa shape index (κ3) is 6.25. The van der Waals surface area contributed by atoms with Crippen molar-refractivity contribution in [2.75, 3.05) is 6.54 Å². The summed E-state index contributed by atoms with van der Waals surface area (Å²) < 4.78 is 34.0. The van der Waals surface area contributed by atoms with E-state index in [0.29, 0.717) is 18.5 Å². The van der Waals surface area contributed by atoms with Crippen LogP contribution in [0.4, 0.5) is 8.78 Å². The van der Waals surface area contributed by atoms with Gasteiger partial charge in [0.05, 0.1) is 6.26 Å². The minimum atomic E-state index is -2.92. The van der Waals surface area contributed by atoms with Crippen LogP contribution in [0.3, 0.4) is 0 Å². The molecule has 0 fully saturated rings. The van der Waals surface area contributed by atoms with Gasteiger partial charge in [-0.05, 0) is 24.6 Å². The van der Waals surface area contributed by atoms with Crippen LogP contribution in [0, 0.1) is 0 Å². The molecule has 0 atom stereocenters. The highest BCUT2D eigenvalue weighted by atomic mass is 19.3. The molecule has 0 aliphatic rings. The third-order valence-electron chi connectivity index (χ3n) is 3.28. The van der Waals surface area contributed by atoms with Crippen LogP contribution < -0.4 is 15.4 Å². The van der Waals surface area contributed by atoms with Gasteiger partial charge in [0.1, 0.15) is 5.75 Å². The smallest absolute Gasteiger partial charge is 0.387 e. The Kier molecular flexibility index (Phi) is 6.94. The molecular weight excluding hydrogens is 334 g/mol. The number of halogens is 2. The summed E-state index contributed by atoms with van der Waals surface area (Å²) in [4.78, 5) is 23.4. The first-order chi connectivity index (χ1) is 12.1. The Morgan fingerprint density at radius 1 is 1.12 bits per heavy atom. The van der Waals surface area contributed by atoms with Crippen molar-refractivity contribution < 1.29 is 27.5 Å². The number of rotatable bonds is 9. The number of ether oxygens (including phenoxy) is 1. The van der Waals surface area contributed by atoms with Gasteiger partial charge in [-0.3, -0.25) is 9.59 Å². The van der Waals surface area contributed by atoms with Gasteiger partial charge in [-0.2, -0.15) is 8.78 Å². The molecule has 0 unspecified atom stereocenters. The zero-order valence-corrected chi connectivity index (χ0v) is 13.3. The summed E-state index contributed by atoms with van der Waals surface area (Å²) >= 11 is 0. The molecule has 1 aromatic heterocycles. The topological polar surface area (TPSA) is 80.6 Å². The number of furan rings is 1. The molecule has 2 amide bonds. The van der Waals surface area contributed by atoms with Gasteiger partial charge in [-0.15, -0.1) is 0 Å². The van der Waals surface area contributed by atoms with Gasteiger partial charge in [0.2, 0.25) is 5.91 Å². The van der Waals surface area contributed by atoms with Crippen LogP contribution in [-0.4, -0.2) is 25.0 Å². The number of hydrogen-bond donors (Lipinski definition) is 2. The molecule has 0 saturated carbocycles. The molecule has 1 heterocycles. The van der Waals surface area contributed by atoms with Crippen LogP contribution in [-0.2, 0) is 11.3 Å². The number of para-hydroxylation sites is 1. The molecule has 134 valence electrons. The number of alkyl halides is 2. The van der Waals surface area contributed by atoms with E-state index in [4.69, 9.17) is 4.42 Å². The SMILES string of the molecule is O=C(CCCNC(=O)c1ccco1)NCc1ccccc1OC(F)F. The fraction of sp³-hybridized carbons (Fsp3) is 0.294. The van der Waals surface area contributed by atoms with Crippen LogP contribution >= 0.6 is 0 Å². The van der Waals surface area contributed by atoms with Crippen LogP contribution in [0.15, 0.2) is 47.1 Å². The highest BCUT2D eigenvalue weighted by Gasteiger charge is 2.11. The van der Waals surface area contributed by atoms with E-state index in [1.165, 1.54) is 12.3 Å². The second kappa shape index (κ2) is 9.41. The van der Waals surface area contributed by atoms with E-state index >= 15 is 0 Å². The normalized spacial score (nSPS) is 10.5. The Morgan fingerprint density at radius 2 is 1.92 bits per heavy atom. The second-order valence-electron chi connectivity index (χ2n) is 5.10. The van der Waals surface area contributed by atoms with E-state index in [1.54, 1.807) is 30.3 Å². The Bertz CT molecular complexity index is 690. The summed E-state index contributed by atoms with van der Waals surface area (Å²) in [6.45, 7) is -2.52. The van der Waals surface area contributed by atoms with E-state index in [0.717, 1.165) is 0 Å². The van der Waals surface area contributed by atoms with Gasteiger partial charge in [-0.1, -0.05) is 18.2 Å². The van der Waals surface area contributed by atoms with Crippen molar-refractivity contribution in [2.45, 2.75) is 26.0 Å². The van der Waals surface area contributed by atoms with Crippen molar-refractivity contribution in [3.63, 3.8) is 0 Å². The van der Waals surface area contributed by atoms with E-state index < -0.39 is 6.61 Å².